The molecule has 0 aliphatic heterocycles. The smallest absolute Gasteiger partial charge is 0.311 e. The number of nitrogens with zero attached hydrogens (tertiary/aromatic N) is 1. The number of thiophene rings is 1. The van der Waals surface area contributed by atoms with Crippen molar-refractivity contribution in [2.24, 2.45) is 0 Å². The zero-order chi connectivity index (χ0) is 16.1. The van der Waals surface area contributed by atoms with E-state index in [-0.39, 0.29) is 18.3 Å². The third kappa shape index (κ3) is 4.14. The van der Waals surface area contributed by atoms with Gasteiger partial charge in [0.05, 0.1) is 23.6 Å². The molecule has 2 rings (SSSR count). The van der Waals surface area contributed by atoms with Crippen molar-refractivity contribution < 1.29 is 14.3 Å². The van der Waals surface area contributed by atoms with Crippen molar-refractivity contribution in [2.75, 3.05) is 11.9 Å². The van der Waals surface area contributed by atoms with Gasteiger partial charge in [0.1, 0.15) is 0 Å². The molecule has 1 amide bonds. The number of hydrogen-bond acceptors (Lipinski definition) is 6. The highest BCUT2D eigenvalue weighted by molar-refractivity contribution is 7.15. The molecule has 0 unspecified atom stereocenters. The Hall–Kier alpha value is -1.73. The van der Waals surface area contributed by atoms with Crippen LogP contribution in [0, 0.1) is 6.92 Å². The van der Waals surface area contributed by atoms with E-state index < -0.39 is 0 Å². The lowest BCUT2D eigenvalue weighted by Crippen LogP contribution is -2.11. The Kier molecular flexibility index (Phi) is 5.68. The van der Waals surface area contributed by atoms with Crippen LogP contribution in [0.25, 0.3) is 0 Å². The number of esters is 1. The van der Waals surface area contributed by atoms with Crippen LogP contribution in [0.3, 0.4) is 0 Å². The number of thiazole rings is 1. The number of nitrogens with one attached hydrogen (secondary N) is 1. The van der Waals surface area contributed by atoms with Crippen LogP contribution in [0.1, 0.15) is 39.7 Å². The third-order valence-electron chi connectivity index (χ3n) is 3.03. The van der Waals surface area contributed by atoms with Gasteiger partial charge in [0.15, 0.2) is 5.13 Å². The Balaban J connectivity index is 2.00. The molecular weight excluding hydrogens is 320 g/mol. The lowest BCUT2D eigenvalue weighted by Gasteiger charge is -1.99. The van der Waals surface area contributed by atoms with E-state index in [2.05, 4.69) is 17.2 Å². The van der Waals surface area contributed by atoms with E-state index in [1.54, 1.807) is 12.3 Å². The van der Waals surface area contributed by atoms with Crippen LogP contribution in [0.2, 0.25) is 0 Å². The Labute approximate surface area is 137 Å². The molecule has 0 saturated carbocycles. The average molecular weight is 338 g/mol. The van der Waals surface area contributed by atoms with Gasteiger partial charge >= 0.3 is 5.97 Å². The van der Waals surface area contributed by atoms with Gasteiger partial charge in [-0.15, -0.1) is 22.7 Å². The molecule has 2 aromatic rings. The van der Waals surface area contributed by atoms with E-state index in [0.29, 0.717) is 22.3 Å². The van der Waals surface area contributed by atoms with Crippen molar-refractivity contribution >= 4 is 39.7 Å². The molecule has 2 heterocycles. The number of ether oxygens (including phenoxy) is 1. The summed E-state index contributed by atoms with van der Waals surface area (Å²) in [5.41, 5.74) is 1.80. The van der Waals surface area contributed by atoms with Crippen molar-refractivity contribution in [3.8, 4) is 0 Å². The highest BCUT2D eigenvalue weighted by atomic mass is 32.1. The van der Waals surface area contributed by atoms with Crippen LogP contribution in [-0.4, -0.2) is 23.5 Å². The van der Waals surface area contributed by atoms with E-state index in [1.165, 1.54) is 28.2 Å². The topological polar surface area (TPSA) is 68.3 Å². The molecule has 0 atom stereocenters. The lowest BCUT2D eigenvalue weighted by molar-refractivity contribution is -0.142. The van der Waals surface area contributed by atoms with Crippen molar-refractivity contribution in [3.63, 3.8) is 0 Å². The number of hydrogen-bond donors (Lipinski definition) is 1. The molecule has 0 spiro atoms. The molecule has 0 bridgehead atoms. The molecule has 0 radical (unpaired) electrons. The zero-order valence-corrected chi connectivity index (χ0v) is 14.4. The third-order valence-corrected chi connectivity index (χ3v) is 4.93. The number of anilines is 1. The van der Waals surface area contributed by atoms with Crippen molar-refractivity contribution in [2.45, 2.75) is 33.6 Å². The van der Waals surface area contributed by atoms with Gasteiger partial charge in [-0.2, -0.15) is 0 Å². The number of aryl methyl sites for hydroxylation is 2. The van der Waals surface area contributed by atoms with E-state index >= 15 is 0 Å². The minimum absolute atomic E-state index is 0.123. The van der Waals surface area contributed by atoms with Gasteiger partial charge in [-0.1, -0.05) is 6.92 Å². The second kappa shape index (κ2) is 7.51. The maximum atomic E-state index is 12.2. The summed E-state index contributed by atoms with van der Waals surface area (Å²) < 4.78 is 4.87. The largest absolute Gasteiger partial charge is 0.466 e. The zero-order valence-electron chi connectivity index (χ0n) is 12.8. The summed E-state index contributed by atoms with van der Waals surface area (Å²) in [4.78, 5) is 29.7. The lowest BCUT2D eigenvalue weighted by atomic mass is 10.2. The Morgan fingerprint density at radius 3 is 2.77 bits per heavy atom. The van der Waals surface area contributed by atoms with E-state index in [1.807, 2.05) is 13.0 Å². The van der Waals surface area contributed by atoms with Crippen LogP contribution < -0.4 is 5.32 Å². The van der Waals surface area contributed by atoms with Gasteiger partial charge in [0.2, 0.25) is 0 Å². The van der Waals surface area contributed by atoms with E-state index in [4.69, 9.17) is 4.74 Å². The van der Waals surface area contributed by atoms with Gasteiger partial charge in [-0.3, -0.25) is 14.9 Å². The van der Waals surface area contributed by atoms with E-state index in [9.17, 15) is 9.59 Å². The molecule has 0 saturated heterocycles. The van der Waals surface area contributed by atoms with Gasteiger partial charge < -0.3 is 4.74 Å². The van der Waals surface area contributed by atoms with E-state index in [0.717, 1.165) is 11.3 Å². The highest BCUT2D eigenvalue weighted by Gasteiger charge is 2.14. The summed E-state index contributed by atoms with van der Waals surface area (Å²) in [6.07, 6.45) is 1.04. The van der Waals surface area contributed by atoms with Crippen molar-refractivity contribution in [1.82, 2.24) is 4.98 Å². The minimum atomic E-state index is -0.313. The first-order chi connectivity index (χ1) is 10.5. The number of rotatable bonds is 6. The summed E-state index contributed by atoms with van der Waals surface area (Å²) in [6.45, 7) is 6.20. The summed E-state index contributed by atoms with van der Waals surface area (Å²) in [6, 6.07) is 1.92. The van der Waals surface area contributed by atoms with Crippen LogP contribution in [0.4, 0.5) is 5.13 Å². The summed E-state index contributed by atoms with van der Waals surface area (Å²) in [5.74, 6) is -0.475. The van der Waals surface area contributed by atoms with Crippen molar-refractivity contribution in [3.05, 3.63) is 32.5 Å². The minimum Gasteiger partial charge on any atom is -0.466 e. The first-order valence-electron chi connectivity index (χ1n) is 7.04. The maximum Gasteiger partial charge on any atom is 0.311 e. The fraction of sp³-hybridized carbons (Fsp3) is 0.400. The number of carbonyl (C=O) groups excluding carboxylic acids is 2. The average Bonchev–Trinajstić information content (AvgIpc) is 3.05. The maximum absolute atomic E-state index is 12.2. The highest BCUT2D eigenvalue weighted by Crippen LogP contribution is 2.24. The quantitative estimate of drug-likeness (QED) is 0.819. The molecule has 7 heteroatoms. The molecule has 1 N–H and O–H groups in total. The fourth-order valence-corrected chi connectivity index (χ4v) is 3.66. The van der Waals surface area contributed by atoms with Gasteiger partial charge in [-0.05, 0) is 31.9 Å². The summed E-state index contributed by atoms with van der Waals surface area (Å²) in [7, 11) is 0. The SMILES string of the molecule is CCOC(=O)Cc1csc(NC(=O)c2cc(CC)c(C)s2)n1. The molecule has 0 fully saturated rings. The first kappa shape index (κ1) is 16.6. The number of aromatic nitrogens is 1. The van der Waals surface area contributed by atoms with Gasteiger partial charge in [-0.25, -0.2) is 4.98 Å². The predicted octanol–water partition coefficient (Wildman–Crippen LogP) is 3.43. The molecule has 22 heavy (non-hydrogen) atoms. The van der Waals surface area contributed by atoms with Crippen molar-refractivity contribution in [1.29, 1.82) is 0 Å². The molecule has 118 valence electrons. The normalized spacial score (nSPS) is 10.5. The summed E-state index contributed by atoms with van der Waals surface area (Å²) >= 11 is 2.78. The molecule has 0 aliphatic carbocycles. The van der Waals surface area contributed by atoms with Crippen LogP contribution in [0.5, 0.6) is 0 Å². The van der Waals surface area contributed by atoms with Gasteiger partial charge in [0, 0.05) is 10.3 Å². The number of amides is 1. The first-order valence-corrected chi connectivity index (χ1v) is 8.73. The second-order valence-electron chi connectivity index (χ2n) is 4.63. The van der Waals surface area contributed by atoms with Crippen LogP contribution in [0.15, 0.2) is 11.4 Å². The van der Waals surface area contributed by atoms with Gasteiger partial charge in [0.25, 0.3) is 5.91 Å². The number of carbonyl (C=O) groups is 2. The summed E-state index contributed by atoms with van der Waals surface area (Å²) in [5, 5.41) is 5.02. The van der Waals surface area contributed by atoms with Crippen LogP contribution in [-0.2, 0) is 22.4 Å². The monoisotopic (exact) mass is 338 g/mol. The standard InChI is InChI=1S/C15H18N2O3S2/c1-4-10-6-12(22-9(10)3)14(19)17-15-16-11(8-21-15)7-13(18)20-5-2/h6,8H,4-5,7H2,1-3H3,(H,16,17,19). The predicted molar refractivity (Wildman–Crippen MR) is 88.8 cm³/mol. The molecule has 0 aliphatic rings. The second-order valence-corrected chi connectivity index (χ2v) is 6.74. The molecule has 5 nitrogen and oxygen atoms in total. The molecule has 0 aromatic carbocycles. The Bertz CT molecular complexity index is 676. The molecular formula is C15H18N2O3S2. The van der Waals surface area contributed by atoms with Crippen LogP contribution >= 0.6 is 22.7 Å². The molecule has 2 aromatic heterocycles. The fourth-order valence-electron chi connectivity index (χ4n) is 1.95. The Morgan fingerprint density at radius 2 is 2.14 bits per heavy atom. The Morgan fingerprint density at radius 1 is 1.36 bits per heavy atom.